The number of nitrogens with one attached hydrogen (secondary N) is 3. The number of rotatable bonds is 2. The molecular formula is C4H8N4O. The van der Waals surface area contributed by atoms with Crippen molar-refractivity contribution in [1.82, 2.24) is 16.0 Å². The first-order valence-corrected chi connectivity index (χ1v) is 2.38. The molecule has 0 aliphatic rings. The lowest BCUT2D eigenvalue weighted by Crippen LogP contribution is -2.37. The lowest BCUT2D eigenvalue weighted by Gasteiger charge is -1.99. The summed E-state index contributed by atoms with van der Waals surface area (Å²) in [4.78, 5) is 10.3. The van der Waals surface area contributed by atoms with E-state index in [4.69, 9.17) is 5.26 Å². The van der Waals surface area contributed by atoms with Gasteiger partial charge < -0.3 is 16.0 Å². The Balaban J connectivity index is 3.09. The van der Waals surface area contributed by atoms with Gasteiger partial charge in [0.1, 0.15) is 0 Å². The second-order valence-corrected chi connectivity index (χ2v) is 1.22. The number of nitrogens with zero attached hydrogens (tertiary/aromatic N) is 1. The topological polar surface area (TPSA) is 77.0 Å². The van der Waals surface area contributed by atoms with Crippen molar-refractivity contribution in [3.05, 3.63) is 0 Å². The Morgan fingerprint density at radius 1 is 1.78 bits per heavy atom. The molecule has 0 aromatic heterocycles. The molecule has 50 valence electrons. The average molecular weight is 128 g/mol. The normalized spacial score (nSPS) is 7.11. The Labute approximate surface area is 53.0 Å². The second kappa shape index (κ2) is 4.71. The maximum atomic E-state index is 10.3. The molecule has 0 rings (SSSR count). The van der Waals surface area contributed by atoms with Crippen LogP contribution in [0.3, 0.4) is 0 Å². The minimum absolute atomic E-state index is 0.163. The van der Waals surface area contributed by atoms with Crippen LogP contribution in [0.5, 0.6) is 0 Å². The van der Waals surface area contributed by atoms with Crippen molar-refractivity contribution >= 4 is 6.03 Å². The molecule has 0 bridgehead atoms. The van der Waals surface area contributed by atoms with Crippen LogP contribution in [0.25, 0.3) is 0 Å². The summed E-state index contributed by atoms with van der Waals surface area (Å²) in [5.74, 6) is 0. The molecule has 9 heavy (non-hydrogen) atoms. The molecule has 0 atom stereocenters. The third-order valence-corrected chi connectivity index (χ3v) is 0.643. The molecule has 0 heterocycles. The van der Waals surface area contributed by atoms with E-state index in [2.05, 4.69) is 16.0 Å². The first-order chi connectivity index (χ1) is 4.31. The van der Waals surface area contributed by atoms with Crippen molar-refractivity contribution in [2.75, 3.05) is 13.7 Å². The van der Waals surface area contributed by atoms with Crippen LogP contribution < -0.4 is 16.0 Å². The smallest absolute Gasteiger partial charge is 0.315 e. The largest absolute Gasteiger partial charge is 0.341 e. The van der Waals surface area contributed by atoms with Crippen LogP contribution in [0.1, 0.15) is 0 Å². The van der Waals surface area contributed by atoms with Crippen LogP contribution in [-0.4, -0.2) is 19.7 Å². The van der Waals surface area contributed by atoms with E-state index >= 15 is 0 Å². The van der Waals surface area contributed by atoms with Crippen molar-refractivity contribution in [2.24, 2.45) is 0 Å². The predicted octanol–water partition coefficient (Wildman–Crippen LogP) is -1.06. The van der Waals surface area contributed by atoms with E-state index in [1.165, 1.54) is 7.05 Å². The number of carbonyl (C=O) groups is 1. The van der Waals surface area contributed by atoms with E-state index in [0.29, 0.717) is 0 Å². The summed E-state index contributed by atoms with van der Waals surface area (Å²) < 4.78 is 0. The van der Waals surface area contributed by atoms with Crippen LogP contribution >= 0.6 is 0 Å². The zero-order chi connectivity index (χ0) is 7.11. The van der Waals surface area contributed by atoms with Gasteiger partial charge in [-0.05, 0) is 0 Å². The molecule has 0 saturated carbocycles. The highest BCUT2D eigenvalue weighted by atomic mass is 16.2. The number of amides is 2. The highest BCUT2D eigenvalue weighted by Gasteiger charge is 1.89. The lowest BCUT2D eigenvalue weighted by atomic mass is 10.9. The van der Waals surface area contributed by atoms with Crippen molar-refractivity contribution < 1.29 is 4.79 Å². The van der Waals surface area contributed by atoms with E-state index in [0.717, 1.165) is 0 Å². The van der Waals surface area contributed by atoms with E-state index in [1.807, 2.05) is 0 Å². The maximum absolute atomic E-state index is 10.3. The number of urea groups is 1. The fraction of sp³-hybridized carbons (Fsp3) is 0.500. The van der Waals surface area contributed by atoms with Crippen LogP contribution in [0.4, 0.5) is 4.79 Å². The molecule has 0 spiro atoms. The second-order valence-electron chi connectivity index (χ2n) is 1.22. The maximum Gasteiger partial charge on any atom is 0.315 e. The summed E-state index contributed by atoms with van der Waals surface area (Å²) in [7, 11) is 1.50. The minimum Gasteiger partial charge on any atom is -0.341 e. The van der Waals surface area contributed by atoms with E-state index in [1.54, 1.807) is 6.19 Å². The van der Waals surface area contributed by atoms with Gasteiger partial charge in [0.25, 0.3) is 0 Å². The molecule has 2 amide bonds. The van der Waals surface area contributed by atoms with Gasteiger partial charge in [-0.15, -0.1) is 0 Å². The Bertz CT molecular complexity index is 127. The monoisotopic (exact) mass is 128 g/mol. The van der Waals surface area contributed by atoms with Crippen molar-refractivity contribution in [2.45, 2.75) is 0 Å². The van der Waals surface area contributed by atoms with Gasteiger partial charge in [-0.3, -0.25) is 0 Å². The molecule has 3 N–H and O–H groups in total. The number of hydrogen-bond donors (Lipinski definition) is 3. The average Bonchev–Trinajstić information content (AvgIpc) is 1.89. The Hall–Kier alpha value is -1.44. The number of nitriles is 1. The lowest BCUT2D eigenvalue weighted by molar-refractivity contribution is 0.242. The Kier molecular flexibility index (Phi) is 3.96. The molecule has 0 aliphatic heterocycles. The number of hydrogen-bond acceptors (Lipinski definition) is 3. The SMILES string of the molecule is CNC(=O)NCNC#N. The molecule has 0 fully saturated rings. The first kappa shape index (κ1) is 7.56. The summed E-state index contributed by atoms with van der Waals surface area (Å²) in [5.41, 5.74) is 0. The van der Waals surface area contributed by atoms with E-state index in [-0.39, 0.29) is 12.7 Å². The molecule has 0 saturated heterocycles. The van der Waals surface area contributed by atoms with E-state index < -0.39 is 0 Å². The van der Waals surface area contributed by atoms with Crippen molar-refractivity contribution in [1.29, 1.82) is 5.26 Å². The summed E-state index contributed by atoms with van der Waals surface area (Å²) in [6.45, 7) is 0.163. The van der Waals surface area contributed by atoms with E-state index in [9.17, 15) is 4.79 Å². The van der Waals surface area contributed by atoms with Gasteiger partial charge in [0.15, 0.2) is 6.19 Å². The van der Waals surface area contributed by atoms with Gasteiger partial charge in [-0.2, -0.15) is 5.26 Å². The summed E-state index contributed by atoms with van der Waals surface area (Å²) >= 11 is 0. The first-order valence-electron chi connectivity index (χ1n) is 2.38. The zero-order valence-electron chi connectivity index (χ0n) is 5.06. The van der Waals surface area contributed by atoms with Crippen LogP contribution in [0, 0.1) is 11.5 Å². The molecule has 5 nitrogen and oxygen atoms in total. The predicted molar refractivity (Wildman–Crippen MR) is 31.2 cm³/mol. The third kappa shape index (κ3) is 4.41. The Morgan fingerprint density at radius 3 is 2.89 bits per heavy atom. The molecule has 0 unspecified atom stereocenters. The standard InChI is InChI=1S/C4H8N4O/c1-6-4(9)8-3-7-2-5/h7H,3H2,1H3,(H2,6,8,9). The quantitative estimate of drug-likeness (QED) is 0.192. The van der Waals surface area contributed by atoms with Crippen molar-refractivity contribution in [3.63, 3.8) is 0 Å². The molecule has 5 heteroatoms. The van der Waals surface area contributed by atoms with Crippen molar-refractivity contribution in [3.8, 4) is 6.19 Å². The zero-order valence-corrected chi connectivity index (χ0v) is 5.06. The molecule has 0 aliphatic carbocycles. The minimum atomic E-state index is -0.308. The van der Waals surface area contributed by atoms with Gasteiger partial charge in [0, 0.05) is 7.05 Å². The highest BCUT2D eigenvalue weighted by molar-refractivity contribution is 5.73. The summed E-state index contributed by atoms with van der Waals surface area (Å²) in [6.07, 6.45) is 1.65. The van der Waals surface area contributed by atoms with Crippen LogP contribution in [-0.2, 0) is 0 Å². The van der Waals surface area contributed by atoms with Gasteiger partial charge in [-0.1, -0.05) is 0 Å². The van der Waals surface area contributed by atoms with Gasteiger partial charge >= 0.3 is 6.03 Å². The summed E-state index contributed by atoms with van der Waals surface area (Å²) in [6, 6.07) is -0.308. The molecule has 0 aromatic rings. The van der Waals surface area contributed by atoms with Crippen LogP contribution in [0.2, 0.25) is 0 Å². The number of carbonyl (C=O) groups excluding carboxylic acids is 1. The van der Waals surface area contributed by atoms with Gasteiger partial charge in [0.2, 0.25) is 0 Å². The Morgan fingerprint density at radius 2 is 2.44 bits per heavy atom. The fourth-order valence-corrected chi connectivity index (χ4v) is 0.252. The highest BCUT2D eigenvalue weighted by Crippen LogP contribution is 1.55. The summed E-state index contributed by atoms with van der Waals surface area (Å²) in [5, 5.41) is 14.8. The fourth-order valence-electron chi connectivity index (χ4n) is 0.252. The molecule has 0 aromatic carbocycles. The molecular weight excluding hydrogens is 120 g/mol. The van der Waals surface area contributed by atoms with Gasteiger partial charge in [0.05, 0.1) is 6.67 Å². The molecule has 0 radical (unpaired) electrons. The van der Waals surface area contributed by atoms with Crippen LogP contribution in [0.15, 0.2) is 0 Å². The third-order valence-electron chi connectivity index (χ3n) is 0.643. The van der Waals surface area contributed by atoms with Gasteiger partial charge in [-0.25, -0.2) is 4.79 Å².